The first kappa shape index (κ1) is 9.57. The molecule has 0 saturated carbocycles. The van der Waals surface area contributed by atoms with Crippen LogP contribution < -0.4 is 0 Å². The molecule has 0 amide bonds. The third kappa shape index (κ3) is 1.52. The molecule has 0 aliphatic rings. The first-order chi connectivity index (χ1) is 7.84. The van der Waals surface area contributed by atoms with Crippen molar-refractivity contribution in [3.63, 3.8) is 0 Å². The number of aliphatic hydroxyl groups excluding tert-OH is 1. The van der Waals surface area contributed by atoms with Crippen molar-refractivity contribution in [1.29, 1.82) is 0 Å². The highest BCUT2D eigenvalue weighted by atomic mass is 32.1. The van der Waals surface area contributed by atoms with Crippen LogP contribution in [0.2, 0.25) is 0 Å². The van der Waals surface area contributed by atoms with Crippen molar-refractivity contribution in [2.45, 2.75) is 6.10 Å². The Hall–Kier alpha value is -1.65. The van der Waals surface area contributed by atoms with E-state index in [1.165, 1.54) is 0 Å². The summed E-state index contributed by atoms with van der Waals surface area (Å²) < 4.78 is 1.91. The van der Waals surface area contributed by atoms with Gasteiger partial charge < -0.3 is 9.51 Å². The first-order valence-corrected chi connectivity index (χ1v) is 5.93. The van der Waals surface area contributed by atoms with Crippen molar-refractivity contribution in [3.05, 3.63) is 58.7 Å². The standard InChI is InChI=1S/C12H10N2OS/c15-12(9-4-6-16-8-9)10-7-14-5-2-1-3-11(14)13-10/h1-8,12,15H. The van der Waals surface area contributed by atoms with E-state index in [4.69, 9.17) is 0 Å². The second kappa shape index (κ2) is 3.73. The van der Waals surface area contributed by atoms with Crippen molar-refractivity contribution >= 4 is 17.0 Å². The molecule has 80 valence electrons. The van der Waals surface area contributed by atoms with Crippen LogP contribution in [0.1, 0.15) is 17.4 Å². The van der Waals surface area contributed by atoms with Crippen LogP contribution in [0, 0.1) is 0 Å². The summed E-state index contributed by atoms with van der Waals surface area (Å²) in [5, 5.41) is 14.0. The minimum atomic E-state index is -0.633. The topological polar surface area (TPSA) is 37.5 Å². The van der Waals surface area contributed by atoms with E-state index in [-0.39, 0.29) is 0 Å². The molecule has 3 nitrogen and oxygen atoms in total. The second-order valence-electron chi connectivity index (χ2n) is 3.59. The predicted molar refractivity (Wildman–Crippen MR) is 63.6 cm³/mol. The number of rotatable bonds is 2. The number of aromatic nitrogens is 2. The molecule has 4 heteroatoms. The monoisotopic (exact) mass is 230 g/mol. The molecule has 0 fully saturated rings. The second-order valence-corrected chi connectivity index (χ2v) is 4.37. The summed E-state index contributed by atoms with van der Waals surface area (Å²) in [6, 6.07) is 7.71. The van der Waals surface area contributed by atoms with Gasteiger partial charge in [0.2, 0.25) is 0 Å². The number of hydrogen-bond donors (Lipinski definition) is 1. The molecule has 1 atom stereocenters. The van der Waals surface area contributed by atoms with Gasteiger partial charge in [-0.25, -0.2) is 4.98 Å². The highest BCUT2D eigenvalue weighted by Gasteiger charge is 2.14. The van der Waals surface area contributed by atoms with Crippen LogP contribution in [0.4, 0.5) is 0 Å². The molecular formula is C12H10N2OS. The Labute approximate surface area is 96.6 Å². The molecule has 1 unspecified atom stereocenters. The van der Waals surface area contributed by atoms with E-state index < -0.39 is 6.10 Å². The zero-order valence-electron chi connectivity index (χ0n) is 8.45. The molecule has 0 aliphatic carbocycles. The van der Waals surface area contributed by atoms with Crippen LogP contribution in [0.15, 0.2) is 47.4 Å². The Bertz CT molecular complexity index is 567. The molecule has 16 heavy (non-hydrogen) atoms. The largest absolute Gasteiger partial charge is 0.382 e. The lowest BCUT2D eigenvalue weighted by molar-refractivity contribution is 0.216. The Kier molecular flexibility index (Phi) is 2.23. The van der Waals surface area contributed by atoms with Crippen LogP contribution >= 0.6 is 11.3 Å². The van der Waals surface area contributed by atoms with Gasteiger partial charge in [0.15, 0.2) is 0 Å². The van der Waals surface area contributed by atoms with Gasteiger partial charge in [0.1, 0.15) is 11.8 Å². The number of nitrogens with zero attached hydrogens (tertiary/aromatic N) is 2. The molecule has 0 aromatic carbocycles. The summed E-state index contributed by atoms with van der Waals surface area (Å²) in [5.74, 6) is 0. The van der Waals surface area contributed by atoms with Gasteiger partial charge >= 0.3 is 0 Å². The lowest BCUT2D eigenvalue weighted by Gasteiger charge is -2.03. The van der Waals surface area contributed by atoms with Crippen LogP contribution in [0.25, 0.3) is 5.65 Å². The van der Waals surface area contributed by atoms with Crippen molar-refractivity contribution in [2.75, 3.05) is 0 Å². The minimum Gasteiger partial charge on any atom is -0.382 e. The summed E-state index contributed by atoms with van der Waals surface area (Å²) in [4.78, 5) is 4.39. The molecule has 0 aliphatic heterocycles. The highest BCUT2D eigenvalue weighted by molar-refractivity contribution is 7.07. The maximum absolute atomic E-state index is 10.1. The van der Waals surface area contributed by atoms with Gasteiger partial charge in [-0.1, -0.05) is 6.07 Å². The first-order valence-electron chi connectivity index (χ1n) is 4.98. The number of hydrogen-bond acceptors (Lipinski definition) is 3. The molecule has 3 heterocycles. The molecule has 0 saturated heterocycles. The number of aliphatic hydroxyl groups is 1. The molecule has 0 bridgehead atoms. The van der Waals surface area contributed by atoms with Crippen LogP contribution in [-0.2, 0) is 0 Å². The van der Waals surface area contributed by atoms with E-state index >= 15 is 0 Å². The van der Waals surface area contributed by atoms with Gasteiger partial charge in [0, 0.05) is 12.4 Å². The summed E-state index contributed by atoms with van der Waals surface area (Å²) in [6.07, 6.45) is 3.15. The third-order valence-corrected chi connectivity index (χ3v) is 3.22. The normalized spacial score (nSPS) is 13.1. The van der Waals surface area contributed by atoms with Gasteiger partial charge in [-0.3, -0.25) is 0 Å². The fourth-order valence-corrected chi connectivity index (χ4v) is 2.37. The average molecular weight is 230 g/mol. The summed E-state index contributed by atoms with van der Waals surface area (Å²) in [5.41, 5.74) is 2.43. The number of thiophene rings is 1. The van der Waals surface area contributed by atoms with Crippen molar-refractivity contribution in [1.82, 2.24) is 9.38 Å². The molecular weight excluding hydrogens is 220 g/mol. The van der Waals surface area contributed by atoms with E-state index in [2.05, 4.69) is 4.98 Å². The minimum absolute atomic E-state index is 0.633. The lowest BCUT2D eigenvalue weighted by Crippen LogP contribution is -1.97. The van der Waals surface area contributed by atoms with E-state index in [0.29, 0.717) is 5.69 Å². The highest BCUT2D eigenvalue weighted by Crippen LogP contribution is 2.23. The Balaban J connectivity index is 2.06. The maximum Gasteiger partial charge on any atom is 0.137 e. The average Bonchev–Trinajstić information content (AvgIpc) is 2.97. The maximum atomic E-state index is 10.1. The van der Waals surface area contributed by atoms with Crippen LogP contribution in [0.3, 0.4) is 0 Å². The molecule has 0 spiro atoms. The van der Waals surface area contributed by atoms with Crippen molar-refractivity contribution in [3.8, 4) is 0 Å². The fourth-order valence-electron chi connectivity index (χ4n) is 1.69. The molecule has 1 N–H and O–H groups in total. The van der Waals surface area contributed by atoms with Gasteiger partial charge in [-0.05, 0) is 34.5 Å². The summed E-state index contributed by atoms with van der Waals surface area (Å²) in [6.45, 7) is 0. The lowest BCUT2D eigenvalue weighted by atomic mass is 10.1. The van der Waals surface area contributed by atoms with Crippen molar-refractivity contribution in [2.24, 2.45) is 0 Å². The number of pyridine rings is 1. The predicted octanol–water partition coefficient (Wildman–Crippen LogP) is 2.48. The molecule has 0 radical (unpaired) electrons. The summed E-state index contributed by atoms with van der Waals surface area (Å²) in [7, 11) is 0. The van der Waals surface area contributed by atoms with Crippen LogP contribution in [0.5, 0.6) is 0 Å². The fraction of sp³-hybridized carbons (Fsp3) is 0.0833. The van der Waals surface area contributed by atoms with E-state index in [0.717, 1.165) is 11.2 Å². The SMILES string of the molecule is OC(c1ccsc1)c1cn2ccccc2n1. The van der Waals surface area contributed by atoms with Crippen molar-refractivity contribution < 1.29 is 5.11 Å². The van der Waals surface area contributed by atoms with E-state index in [1.807, 2.05) is 51.8 Å². The van der Waals surface area contributed by atoms with Gasteiger partial charge in [-0.15, -0.1) is 0 Å². The Morgan fingerprint density at radius 2 is 2.25 bits per heavy atom. The van der Waals surface area contributed by atoms with E-state index in [9.17, 15) is 5.11 Å². The zero-order chi connectivity index (χ0) is 11.0. The Morgan fingerprint density at radius 3 is 3.00 bits per heavy atom. The van der Waals surface area contributed by atoms with Gasteiger partial charge in [-0.2, -0.15) is 11.3 Å². The summed E-state index contributed by atoms with van der Waals surface area (Å²) >= 11 is 1.57. The number of fused-ring (bicyclic) bond motifs is 1. The smallest absolute Gasteiger partial charge is 0.137 e. The van der Waals surface area contributed by atoms with Crippen LogP contribution in [-0.4, -0.2) is 14.5 Å². The van der Waals surface area contributed by atoms with E-state index in [1.54, 1.807) is 11.3 Å². The van der Waals surface area contributed by atoms with Gasteiger partial charge in [0.25, 0.3) is 0 Å². The Morgan fingerprint density at radius 1 is 1.31 bits per heavy atom. The molecule has 3 aromatic rings. The third-order valence-electron chi connectivity index (χ3n) is 2.52. The zero-order valence-corrected chi connectivity index (χ0v) is 9.26. The quantitative estimate of drug-likeness (QED) is 0.734. The number of imidazole rings is 1. The van der Waals surface area contributed by atoms with Gasteiger partial charge in [0.05, 0.1) is 5.69 Å². The molecule has 3 aromatic heterocycles. The molecule has 3 rings (SSSR count).